The lowest BCUT2D eigenvalue weighted by Crippen LogP contribution is -2.46. The van der Waals surface area contributed by atoms with Crippen molar-refractivity contribution in [2.45, 2.75) is 45.8 Å². The zero-order valence-electron chi connectivity index (χ0n) is 18.2. The quantitative estimate of drug-likeness (QED) is 0.381. The monoisotopic (exact) mass is 415 g/mol. The maximum absolute atomic E-state index is 13.3. The molecule has 5 heteroatoms. The maximum Gasteiger partial charge on any atom is 0.237 e. The molecule has 0 saturated carbocycles. The van der Waals surface area contributed by atoms with Crippen LogP contribution in [0.5, 0.6) is 0 Å². The molecular weight excluding hydrogens is 386 g/mol. The lowest BCUT2D eigenvalue weighted by atomic mass is 10.0. The van der Waals surface area contributed by atoms with E-state index >= 15 is 0 Å². The van der Waals surface area contributed by atoms with Crippen LogP contribution in [0, 0.1) is 13.8 Å². The Morgan fingerprint density at radius 1 is 1.06 bits per heavy atom. The van der Waals surface area contributed by atoms with Crippen molar-refractivity contribution in [3.63, 3.8) is 0 Å². The Morgan fingerprint density at radius 2 is 1.81 bits per heavy atom. The van der Waals surface area contributed by atoms with Crippen molar-refractivity contribution in [1.29, 1.82) is 0 Å². The summed E-state index contributed by atoms with van der Waals surface area (Å²) < 4.78 is 5.80. The van der Waals surface area contributed by atoms with Gasteiger partial charge in [-0.3, -0.25) is 10.1 Å². The molecule has 0 bridgehead atoms. The van der Waals surface area contributed by atoms with Crippen LogP contribution in [0.4, 0.5) is 0 Å². The molecular formula is C26H29N3O2. The smallest absolute Gasteiger partial charge is 0.237 e. The third-order valence-corrected chi connectivity index (χ3v) is 5.81. The van der Waals surface area contributed by atoms with Crippen LogP contribution in [-0.4, -0.2) is 16.9 Å². The van der Waals surface area contributed by atoms with E-state index in [1.807, 2.05) is 81.6 Å². The summed E-state index contributed by atoms with van der Waals surface area (Å²) in [4.78, 5) is 16.6. The molecule has 2 aromatic carbocycles. The first-order chi connectivity index (χ1) is 15.0. The zero-order chi connectivity index (χ0) is 21.8. The van der Waals surface area contributed by atoms with Crippen molar-refractivity contribution in [2.24, 2.45) is 0 Å². The fourth-order valence-corrected chi connectivity index (χ4v) is 3.88. The number of para-hydroxylation sites is 1. The number of fused-ring (bicyclic) bond motifs is 1. The highest BCUT2D eigenvalue weighted by Crippen LogP contribution is 2.20. The summed E-state index contributed by atoms with van der Waals surface area (Å²) in [6.07, 6.45) is 2.57. The van der Waals surface area contributed by atoms with Gasteiger partial charge in [-0.2, -0.15) is 0 Å². The number of carbonyl (C=O) groups excluding carboxylic acids is 1. The first-order valence-electron chi connectivity index (χ1n) is 10.7. The highest BCUT2D eigenvalue weighted by molar-refractivity contribution is 5.86. The molecule has 0 radical (unpaired) electrons. The number of nitrogens with one attached hydrogen (secondary N) is 3. The fraction of sp³-hybridized carbons (Fsp3) is 0.269. The molecule has 4 rings (SSSR count). The molecule has 5 nitrogen and oxygen atoms in total. The summed E-state index contributed by atoms with van der Waals surface area (Å²) in [6.45, 7) is 6.49. The molecule has 160 valence electrons. The van der Waals surface area contributed by atoms with Gasteiger partial charge in [0.1, 0.15) is 11.5 Å². The van der Waals surface area contributed by atoms with Gasteiger partial charge in [0.15, 0.2) is 0 Å². The molecule has 0 spiro atoms. The summed E-state index contributed by atoms with van der Waals surface area (Å²) in [6, 6.07) is 19.7. The Morgan fingerprint density at radius 3 is 2.55 bits per heavy atom. The average Bonchev–Trinajstić information content (AvgIpc) is 3.34. The Hall–Kier alpha value is -3.31. The van der Waals surface area contributed by atoms with Crippen LogP contribution in [0.15, 0.2) is 71.3 Å². The number of aromatic nitrogens is 1. The van der Waals surface area contributed by atoms with Gasteiger partial charge in [-0.15, -0.1) is 0 Å². The van der Waals surface area contributed by atoms with E-state index in [0.717, 1.165) is 39.1 Å². The Kier molecular flexibility index (Phi) is 6.23. The molecule has 0 fully saturated rings. The molecule has 2 unspecified atom stereocenters. The van der Waals surface area contributed by atoms with Crippen LogP contribution in [0.1, 0.15) is 41.2 Å². The van der Waals surface area contributed by atoms with E-state index in [0.29, 0.717) is 13.0 Å². The number of amides is 1. The minimum Gasteiger partial charge on any atom is -0.465 e. The Bertz CT molecular complexity index is 1140. The molecule has 0 saturated heterocycles. The second kappa shape index (κ2) is 9.23. The number of benzene rings is 2. The first kappa shape index (κ1) is 20.9. The maximum atomic E-state index is 13.3. The average molecular weight is 416 g/mol. The van der Waals surface area contributed by atoms with Crippen molar-refractivity contribution >= 4 is 16.8 Å². The van der Waals surface area contributed by atoms with Gasteiger partial charge in [-0.05, 0) is 56.0 Å². The number of aromatic amines is 1. The number of rotatable bonds is 8. The van der Waals surface area contributed by atoms with Crippen molar-refractivity contribution in [1.82, 2.24) is 15.6 Å². The summed E-state index contributed by atoms with van der Waals surface area (Å²) in [5.41, 5.74) is 4.39. The Balaban J connectivity index is 1.52. The van der Waals surface area contributed by atoms with Crippen molar-refractivity contribution < 1.29 is 9.21 Å². The highest BCUT2D eigenvalue weighted by Gasteiger charge is 2.22. The van der Waals surface area contributed by atoms with E-state index in [1.54, 1.807) is 0 Å². The first-order valence-corrected chi connectivity index (χ1v) is 10.7. The van der Waals surface area contributed by atoms with Crippen LogP contribution in [0.2, 0.25) is 0 Å². The van der Waals surface area contributed by atoms with Crippen molar-refractivity contribution in [3.8, 4) is 0 Å². The molecule has 2 aromatic heterocycles. The van der Waals surface area contributed by atoms with Crippen molar-refractivity contribution in [2.75, 3.05) is 0 Å². The number of furan rings is 1. The number of hydrogen-bond acceptors (Lipinski definition) is 3. The van der Waals surface area contributed by atoms with Crippen molar-refractivity contribution in [3.05, 3.63) is 95.1 Å². The van der Waals surface area contributed by atoms with Gasteiger partial charge < -0.3 is 14.7 Å². The minimum atomic E-state index is -0.393. The largest absolute Gasteiger partial charge is 0.465 e. The van der Waals surface area contributed by atoms with E-state index in [9.17, 15) is 4.79 Å². The van der Waals surface area contributed by atoms with E-state index in [1.165, 1.54) is 0 Å². The van der Waals surface area contributed by atoms with Gasteiger partial charge >= 0.3 is 0 Å². The number of aryl methyl sites for hydroxylation is 2. The molecule has 2 heterocycles. The van der Waals surface area contributed by atoms with Gasteiger partial charge in [0.05, 0.1) is 18.6 Å². The summed E-state index contributed by atoms with van der Waals surface area (Å²) in [7, 11) is 0. The second-order valence-electron chi connectivity index (χ2n) is 8.09. The van der Waals surface area contributed by atoms with E-state index in [-0.39, 0.29) is 11.9 Å². The van der Waals surface area contributed by atoms with Crippen LogP contribution >= 0.6 is 0 Å². The predicted molar refractivity (Wildman–Crippen MR) is 124 cm³/mol. The topological polar surface area (TPSA) is 70.1 Å². The van der Waals surface area contributed by atoms with Gasteiger partial charge in [0, 0.05) is 17.1 Å². The summed E-state index contributed by atoms with van der Waals surface area (Å²) in [5.74, 6) is 1.72. The third-order valence-electron chi connectivity index (χ3n) is 5.81. The number of carbonyl (C=O) groups is 1. The second-order valence-corrected chi connectivity index (χ2v) is 8.09. The number of hydrogen-bond donors (Lipinski definition) is 3. The molecule has 31 heavy (non-hydrogen) atoms. The van der Waals surface area contributed by atoms with Gasteiger partial charge in [-0.25, -0.2) is 0 Å². The van der Waals surface area contributed by atoms with Crippen LogP contribution in [-0.2, 0) is 17.8 Å². The molecule has 0 aliphatic heterocycles. The molecule has 3 N–H and O–H groups in total. The van der Waals surface area contributed by atoms with Gasteiger partial charge in [-0.1, -0.05) is 48.5 Å². The van der Waals surface area contributed by atoms with Gasteiger partial charge in [0.2, 0.25) is 5.91 Å². The third kappa shape index (κ3) is 4.89. The molecule has 1 amide bonds. The lowest BCUT2D eigenvalue weighted by molar-refractivity contribution is -0.123. The molecule has 0 aliphatic rings. The normalized spacial score (nSPS) is 13.3. The minimum absolute atomic E-state index is 0.0263. The van der Waals surface area contributed by atoms with E-state index < -0.39 is 6.04 Å². The Labute approximate surface area is 182 Å². The predicted octanol–water partition coefficient (Wildman–Crippen LogP) is 4.96. The molecule has 0 aliphatic carbocycles. The van der Waals surface area contributed by atoms with Crippen LogP contribution in [0.25, 0.3) is 10.9 Å². The standard InChI is InChI=1S/C26H29N3O2/c1-17-13-22(31-19(17)3)16-28-25(14-21-15-27-24-12-8-7-11-23(21)24)26(30)29-18(2)20-9-5-4-6-10-20/h4-13,15,18,25,27-28H,14,16H2,1-3H3,(H,29,30). The fourth-order valence-electron chi connectivity index (χ4n) is 3.88. The summed E-state index contributed by atoms with van der Waals surface area (Å²) in [5, 5.41) is 7.73. The van der Waals surface area contributed by atoms with E-state index in [2.05, 4.69) is 21.7 Å². The zero-order valence-corrected chi connectivity index (χ0v) is 18.2. The van der Waals surface area contributed by atoms with Gasteiger partial charge in [0.25, 0.3) is 0 Å². The lowest BCUT2D eigenvalue weighted by Gasteiger charge is -2.21. The molecule has 2 atom stereocenters. The highest BCUT2D eigenvalue weighted by atomic mass is 16.3. The number of H-pyrrole nitrogens is 1. The summed E-state index contributed by atoms with van der Waals surface area (Å²) >= 11 is 0. The molecule has 4 aromatic rings. The van der Waals surface area contributed by atoms with Crippen LogP contribution in [0.3, 0.4) is 0 Å². The SMILES string of the molecule is Cc1cc(CNC(Cc2c[nH]c3ccccc23)C(=O)NC(C)c2ccccc2)oc1C. The van der Waals surface area contributed by atoms with Crippen LogP contribution < -0.4 is 10.6 Å². The van der Waals surface area contributed by atoms with E-state index in [4.69, 9.17) is 4.42 Å².